The number of carbonyl (C=O) groups is 4. The number of aldehydes is 1. The van der Waals surface area contributed by atoms with E-state index in [4.69, 9.17) is 0 Å². The number of benzene rings is 1. The molecular weight excluding hydrogens is 358 g/mol. The quantitative estimate of drug-likeness (QED) is 0.803. The molecule has 1 aromatic rings. The fourth-order valence-corrected chi connectivity index (χ4v) is 3.25. The topological polar surface area (TPSA) is 86.8 Å². The molecule has 1 unspecified atom stereocenters. The van der Waals surface area contributed by atoms with Crippen LogP contribution in [-0.2, 0) is 9.59 Å². The van der Waals surface area contributed by atoms with Gasteiger partial charge in [-0.3, -0.25) is 19.2 Å². The van der Waals surface area contributed by atoms with Gasteiger partial charge in [0.15, 0.2) is 12.1 Å². The minimum absolute atomic E-state index is 0.140. The number of nitrogens with one attached hydrogen (secondary N) is 1. The minimum Gasteiger partial charge on any atom is -0.357 e. The van der Waals surface area contributed by atoms with Crippen molar-refractivity contribution in [2.75, 3.05) is 25.0 Å². The Morgan fingerprint density at radius 2 is 1.93 bits per heavy atom. The molecule has 0 saturated carbocycles. The average molecular weight is 385 g/mol. The van der Waals surface area contributed by atoms with Crippen molar-refractivity contribution in [2.24, 2.45) is 0 Å². The van der Waals surface area contributed by atoms with E-state index >= 15 is 0 Å². The van der Waals surface area contributed by atoms with Gasteiger partial charge in [0.05, 0.1) is 18.7 Å². The summed E-state index contributed by atoms with van der Waals surface area (Å²) >= 11 is 0. The molecule has 0 bridgehead atoms. The lowest BCUT2D eigenvalue weighted by Gasteiger charge is -2.33. The van der Waals surface area contributed by atoms with E-state index in [-0.39, 0.29) is 28.7 Å². The van der Waals surface area contributed by atoms with Crippen LogP contribution < -0.4 is 10.2 Å². The first kappa shape index (κ1) is 21.3. The molecule has 2 amide bonds. The molecule has 3 rings (SSSR count). The molecule has 0 spiro atoms. The highest BCUT2D eigenvalue weighted by Gasteiger charge is 2.32. The lowest BCUT2D eigenvalue weighted by atomic mass is 10.00. The standard InChI is InChI=1S/C19H21N3O4.C2H6/c1-3-13-4-7-17(18(25)20-13)21(2)19(26)16-6-5-14(8-12(16)11-23)22-9-15(24)10-22;1-2/h3,5-6,8,11,17H,4,7,9-10H2,1-2H3,(H,20,25);1-2H3. The molecular formula is C21H27N3O4. The van der Waals surface area contributed by atoms with Gasteiger partial charge in [-0.1, -0.05) is 19.9 Å². The van der Waals surface area contributed by atoms with Crippen molar-refractivity contribution in [1.29, 1.82) is 0 Å². The summed E-state index contributed by atoms with van der Waals surface area (Å²) in [5.41, 5.74) is 2.10. The summed E-state index contributed by atoms with van der Waals surface area (Å²) in [5.74, 6) is -0.452. The van der Waals surface area contributed by atoms with E-state index in [9.17, 15) is 19.2 Å². The second-order valence-corrected chi connectivity index (χ2v) is 6.56. The van der Waals surface area contributed by atoms with Crippen molar-refractivity contribution in [1.82, 2.24) is 10.2 Å². The van der Waals surface area contributed by atoms with Gasteiger partial charge in [0.1, 0.15) is 6.04 Å². The van der Waals surface area contributed by atoms with Gasteiger partial charge < -0.3 is 15.1 Å². The first-order valence-electron chi connectivity index (χ1n) is 9.53. The normalized spacial score (nSPS) is 19.9. The van der Waals surface area contributed by atoms with Crippen molar-refractivity contribution in [3.05, 3.63) is 41.1 Å². The largest absolute Gasteiger partial charge is 0.357 e. The monoisotopic (exact) mass is 385 g/mol. The zero-order chi connectivity index (χ0) is 20.8. The molecule has 2 aliphatic rings. The van der Waals surface area contributed by atoms with Crippen LogP contribution in [0.3, 0.4) is 0 Å². The predicted molar refractivity (Wildman–Crippen MR) is 107 cm³/mol. The average Bonchev–Trinajstić information content (AvgIpc) is 2.71. The number of carbonyl (C=O) groups excluding carboxylic acids is 4. The van der Waals surface area contributed by atoms with Gasteiger partial charge in [-0.15, -0.1) is 0 Å². The molecule has 1 atom stereocenters. The fraction of sp³-hybridized carbons (Fsp3) is 0.429. The zero-order valence-corrected chi connectivity index (χ0v) is 16.8. The van der Waals surface area contributed by atoms with Crippen LogP contribution in [0.25, 0.3) is 0 Å². The number of ketones is 1. The second kappa shape index (κ2) is 9.30. The summed E-state index contributed by atoms with van der Waals surface area (Å²) in [7, 11) is 1.57. The molecule has 28 heavy (non-hydrogen) atoms. The number of anilines is 1. The summed E-state index contributed by atoms with van der Waals surface area (Å²) < 4.78 is 0. The van der Waals surface area contributed by atoms with Gasteiger partial charge in [-0.25, -0.2) is 0 Å². The Morgan fingerprint density at radius 1 is 1.25 bits per heavy atom. The molecule has 2 heterocycles. The van der Waals surface area contributed by atoms with Crippen LogP contribution >= 0.6 is 0 Å². The Labute approximate surface area is 165 Å². The summed E-state index contributed by atoms with van der Waals surface area (Å²) in [5, 5.41) is 2.80. The molecule has 0 aromatic heterocycles. The lowest BCUT2D eigenvalue weighted by molar-refractivity contribution is -0.125. The molecule has 2 fully saturated rings. The molecule has 2 saturated heterocycles. The maximum absolute atomic E-state index is 12.8. The Kier molecular flexibility index (Phi) is 7.09. The molecule has 1 aromatic carbocycles. The van der Waals surface area contributed by atoms with Crippen LogP contribution in [0.15, 0.2) is 30.0 Å². The molecule has 7 nitrogen and oxygen atoms in total. The van der Waals surface area contributed by atoms with E-state index < -0.39 is 6.04 Å². The number of rotatable bonds is 4. The fourth-order valence-electron chi connectivity index (χ4n) is 3.25. The summed E-state index contributed by atoms with van der Waals surface area (Å²) in [4.78, 5) is 50.9. The Balaban J connectivity index is 0.00000136. The first-order valence-corrected chi connectivity index (χ1v) is 9.53. The van der Waals surface area contributed by atoms with Gasteiger partial charge in [0, 0.05) is 24.0 Å². The highest BCUT2D eigenvalue weighted by Crippen LogP contribution is 2.24. The van der Waals surface area contributed by atoms with E-state index in [0.29, 0.717) is 32.2 Å². The van der Waals surface area contributed by atoms with Crippen molar-refractivity contribution in [3.8, 4) is 0 Å². The SMILES string of the molecule is CC.CC=C1CCC(N(C)C(=O)c2ccc(N3CC(=O)C3)cc2C=O)C(=O)N1. The molecule has 2 aliphatic heterocycles. The van der Waals surface area contributed by atoms with Crippen molar-refractivity contribution in [3.63, 3.8) is 0 Å². The Morgan fingerprint density at radius 3 is 2.46 bits per heavy atom. The number of likely N-dealkylation sites (N-methyl/N-ethyl adjacent to an activating group) is 1. The maximum Gasteiger partial charge on any atom is 0.255 e. The van der Waals surface area contributed by atoms with Crippen LogP contribution in [0.5, 0.6) is 0 Å². The number of piperidine rings is 1. The van der Waals surface area contributed by atoms with E-state index in [1.165, 1.54) is 4.90 Å². The number of amides is 2. The highest BCUT2D eigenvalue weighted by molar-refractivity contribution is 6.04. The van der Waals surface area contributed by atoms with Gasteiger partial charge in [-0.2, -0.15) is 0 Å². The smallest absolute Gasteiger partial charge is 0.255 e. The van der Waals surface area contributed by atoms with Gasteiger partial charge in [0.25, 0.3) is 5.91 Å². The predicted octanol–water partition coefficient (Wildman–Crippen LogP) is 2.17. The second-order valence-electron chi connectivity index (χ2n) is 6.56. The van der Waals surface area contributed by atoms with Crippen LogP contribution in [0, 0.1) is 0 Å². The molecule has 1 N–H and O–H groups in total. The van der Waals surface area contributed by atoms with Gasteiger partial charge in [0.2, 0.25) is 5.91 Å². The van der Waals surface area contributed by atoms with E-state index in [1.807, 2.05) is 31.7 Å². The summed E-state index contributed by atoms with van der Waals surface area (Å²) in [6.45, 7) is 6.50. The Hall–Kier alpha value is -2.96. The number of nitrogens with zero attached hydrogens (tertiary/aromatic N) is 2. The zero-order valence-electron chi connectivity index (χ0n) is 16.8. The van der Waals surface area contributed by atoms with Crippen LogP contribution in [0.1, 0.15) is 54.3 Å². The Bertz CT molecular complexity index is 808. The molecule has 150 valence electrons. The minimum atomic E-state index is -0.571. The van der Waals surface area contributed by atoms with Crippen LogP contribution in [0.4, 0.5) is 5.69 Å². The van der Waals surface area contributed by atoms with Gasteiger partial charge in [-0.05, 0) is 38.0 Å². The first-order chi connectivity index (χ1) is 13.4. The van der Waals surface area contributed by atoms with E-state index in [0.717, 1.165) is 11.4 Å². The third-order valence-corrected chi connectivity index (χ3v) is 4.90. The number of allylic oxidation sites excluding steroid dienone is 2. The maximum atomic E-state index is 12.8. The molecule has 7 heteroatoms. The van der Waals surface area contributed by atoms with Crippen molar-refractivity contribution in [2.45, 2.75) is 39.7 Å². The molecule has 0 aliphatic carbocycles. The third kappa shape index (κ3) is 4.30. The summed E-state index contributed by atoms with van der Waals surface area (Å²) in [6, 6.07) is 4.34. The van der Waals surface area contributed by atoms with Crippen molar-refractivity contribution < 1.29 is 19.2 Å². The van der Waals surface area contributed by atoms with E-state index in [1.54, 1.807) is 25.2 Å². The van der Waals surface area contributed by atoms with E-state index in [2.05, 4.69) is 5.32 Å². The lowest BCUT2D eigenvalue weighted by Crippen LogP contribution is -2.50. The van der Waals surface area contributed by atoms with Crippen LogP contribution in [0.2, 0.25) is 0 Å². The van der Waals surface area contributed by atoms with Crippen molar-refractivity contribution >= 4 is 29.6 Å². The van der Waals surface area contributed by atoms with Crippen LogP contribution in [-0.4, -0.2) is 55.0 Å². The van der Waals surface area contributed by atoms with Gasteiger partial charge >= 0.3 is 0 Å². The number of Topliss-reactive ketones (excluding diaryl/α,β-unsaturated/α-hetero) is 1. The highest BCUT2D eigenvalue weighted by atomic mass is 16.2. The number of hydrogen-bond acceptors (Lipinski definition) is 5. The third-order valence-electron chi connectivity index (χ3n) is 4.90. The molecule has 0 radical (unpaired) electrons. The summed E-state index contributed by atoms with van der Waals surface area (Å²) in [6.07, 6.45) is 3.70. The number of hydrogen-bond donors (Lipinski definition) is 1.